The maximum atomic E-state index is 12.6. The summed E-state index contributed by atoms with van der Waals surface area (Å²) in [6, 6.07) is 10.0. The molecule has 0 aliphatic heterocycles. The third-order valence-electron chi connectivity index (χ3n) is 5.75. The summed E-state index contributed by atoms with van der Waals surface area (Å²) in [5, 5.41) is 4.82. The lowest BCUT2D eigenvalue weighted by Gasteiger charge is -2.10. The molecule has 0 saturated heterocycles. The van der Waals surface area contributed by atoms with Gasteiger partial charge in [0.25, 0.3) is 0 Å². The Morgan fingerprint density at radius 1 is 0.967 bits per heavy atom. The topological polar surface area (TPSA) is 72.5 Å². The highest BCUT2D eigenvalue weighted by atomic mass is 16.4. The molecule has 2 heterocycles. The molecule has 30 heavy (non-hydrogen) atoms. The van der Waals surface area contributed by atoms with Crippen molar-refractivity contribution in [3.63, 3.8) is 0 Å². The standard InChI is InChI=1S/C25H25NO4/c1-14-5-7-18(8-6-14)12-26-22(27)10-9-19-16(3)21-11-20-15(2)13-29-23(20)17(4)24(21)30-25(19)28/h5-8,11,13H,9-10,12H2,1-4H3,(H,26,27). The minimum absolute atomic E-state index is 0.0909. The van der Waals surface area contributed by atoms with Crippen molar-refractivity contribution in [2.24, 2.45) is 0 Å². The molecule has 0 aliphatic rings. The van der Waals surface area contributed by atoms with Crippen molar-refractivity contribution in [3.8, 4) is 0 Å². The van der Waals surface area contributed by atoms with Crippen LogP contribution in [0, 0.1) is 27.7 Å². The largest absolute Gasteiger partial charge is 0.464 e. The van der Waals surface area contributed by atoms with Crippen molar-refractivity contribution in [1.29, 1.82) is 0 Å². The van der Waals surface area contributed by atoms with Crippen LogP contribution >= 0.6 is 0 Å². The Bertz CT molecular complexity index is 1310. The highest BCUT2D eigenvalue weighted by Gasteiger charge is 2.18. The Morgan fingerprint density at radius 2 is 1.70 bits per heavy atom. The lowest BCUT2D eigenvalue weighted by atomic mass is 9.98. The van der Waals surface area contributed by atoms with Gasteiger partial charge >= 0.3 is 5.63 Å². The second-order valence-electron chi connectivity index (χ2n) is 7.93. The lowest BCUT2D eigenvalue weighted by molar-refractivity contribution is -0.121. The minimum atomic E-state index is -0.392. The first-order chi connectivity index (χ1) is 14.3. The number of carbonyl (C=O) groups excluding carboxylic acids is 1. The van der Waals surface area contributed by atoms with Gasteiger partial charge < -0.3 is 14.2 Å². The van der Waals surface area contributed by atoms with Crippen LogP contribution in [0.4, 0.5) is 0 Å². The fourth-order valence-corrected chi connectivity index (χ4v) is 3.84. The molecular formula is C25H25NO4. The second kappa shape index (κ2) is 7.82. The third-order valence-corrected chi connectivity index (χ3v) is 5.75. The molecular weight excluding hydrogens is 378 g/mol. The molecule has 0 unspecified atom stereocenters. The summed E-state index contributed by atoms with van der Waals surface area (Å²) in [5.74, 6) is -0.0909. The zero-order valence-electron chi connectivity index (χ0n) is 17.7. The number of rotatable bonds is 5. The summed E-state index contributed by atoms with van der Waals surface area (Å²) in [4.78, 5) is 25.0. The summed E-state index contributed by atoms with van der Waals surface area (Å²) in [6.45, 7) is 8.31. The predicted molar refractivity (Wildman–Crippen MR) is 118 cm³/mol. The number of benzene rings is 2. The quantitative estimate of drug-likeness (QED) is 0.475. The van der Waals surface area contributed by atoms with Crippen LogP contribution in [-0.4, -0.2) is 5.91 Å². The van der Waals surface area contributed by atoms with E-state index in [2.05, 4.69) is 5.32 Å². The first kappa shape index (κ1) is 20.0. The molecule has 0 bridgehead atoms. The van der Waals surface area contributed by atoms with Crippen molar-refractivity contribution in [1.82, 2.24) is 5.32 Å². The number of nitrogens with one attached hydrogen (secondary N) is 1. The van der Waals surface area contributed by atoms with E-state index in [4.69, 9.17) is 8.83 Å². The SMILES string of the molecule is Cc1ccc(CNC(=O)CCc2c(C)c3cc4c(C)coc4c(C)c3oc2=O)cc1. The van der Waals surface area contributed by atoms with E-state index in [1.54, 1.807) is 6.26 Å². The van der Waals surface area contributed by atoms with E-state index in [0.29, 0.717) is 24.1 Å². The van der Waals surface area contributed by atoms with Crippen molar-refractivity contribution in [2.75, 3.05) is 0 Å². The first-order valence-electron chi connectivity index (χ1n) is 10.1. The minimum Gasteiger partial charge on any atom is -0.464 e. The molecule has 5 nitrogen and oxygen atoms in total. The Kier molecular flexibility index (Phi) is 5.20. The van der Waals surface area contributed by atoms with Crippen LogP contribution in [0.25, 0.3) is 21.9 Å². The van der Waals surface area contributed by atoms with Gasteiger partial charge in [-0.05, 0) is 56.9 Å². The van der Waals surface area contributed by atoms with E-state index in [0.717, 1.165) is 38.6 Å². The lowest BCUT2D eigenvalue weighted by Crippen LogP contribution is -2.24. The monoisotopic (exact) mass is 403 g/mol. The first-order valence-corrected chi connectivity index (χ1v) is 10.1. The zero-order chi connectivity index (χ0) is 21.4. The van der Waals surface area contributed by atoms with Gasteiger partial charge in [-0.15, -0.1) is 0 Å². The molecule has 0 radical (unpaired) electrons. The number of hydrogen-bond acceptors (Lipinski definition) is 4. The summed E-state index contributed by atoms with van der Waals surface area (Å²) in [6.07, 6.45) is 2.28. The molecule has 1 N–H and O–H groups in total. The van der Waals surface area contributed by atoms with Crippen LogP contribution in [0.1, 0.15) is 39.8 Å². The number of hydrogen-bond donors (Lipinski definition) is 1. The van der Waals surface area contributed by atoms with E-state index >= 15 is 0 Å². The Labute approximate surface area is 174 Å². The maximum Gasteiger partial charge on any atom is 0.339 e. The van der Waals surface area contributed by atoms with Gasteiger partial charge in [-0.1, -0.05) is 29.8 Å². The normalized spacial score (nSPS) is 11.3. The summed E-state index contributed by atoms with van der Waals surface area (Å²) in [5.41, 5.74) is 6.39. The van der Waals surface area contributed by atoms with E-state index in [9.17, 15) is 9.59 Å². The molecule has 0 aliphatic carbocycles. The van der Waals surface area contributed by atoms with Gasteiger partial charge in [0.2, 0.25) is 5.91 Å². The van der Waals surface area contributed by atoms with Gasteiger partial charge in [0.05, 0.1) is 6.26 Å². The number of aryl methyl sites for hydroxylation is 4. The molecule has 0 atom stereocenters. The molecule has 154 valence electrons. The highest BCUT2D eigenvalue weighted by molar-refractivity contribution is 5.99. The fraction of sp³-hybridized carbons (Fsp3) is 0.280. The molecule has 1 amide bonds. The van der Waals surface area contributed by atoms with Gasteiger partial charge in [-0.3, -0.25) is 4.79 Å². The number of fused-ring (bicyclic) bond motifs is 2. The Hall–Kier alpha value is -3.34. The Morgan fingerprint density at radius 3 is 2.43 bits per heavy atom. The van der Waals surface area contributed by atoms with Crippen molar-refractivity contribution in [3.05, 3.63) is 80.4 Å². The van der Waals surface area contributed by atoms with E-state index < -0.39 is 5.63 Å². The van der Waals surface area contributed by atoms with Crippen molar-refractivity contribution >= 4 is 27.8 Å². The van der Waals surface area contributed by atoms with E-state index in [1.807, 2.05) is 58.0 Å². The van der Waals surface area contributed by atoms with Gasteiger partial charge in [-0.2, -0.15) is 0 Å². The molecule has 0 spiro atoms. The molecule has 0 fully saturated rings. The Balaban J connectivity index is 1.55. The van der Waals surface area contributed by atoms with Crippen LogP contribution in [0.3, 0.4) is 0 Å². The van der Waals surface area contributed by atoms with Crippen molar-refractivity contribution < 1.29 is 13.6 Å². The molecule has 4 aromatic rings. The summed E-state index contributed by atoms with van der Waals surface area (Å²) in [7, 11) is 0. The maximum absolute atomic E-state index is 12.6. The number of amides is 1. The molecule has 2 aromatic carbocycles. The van der Waals surface area contributed by atoms with Crippen LogP contribution in [0.15, 0.2) is 50.2 Å². The van der Waals surface area contributed by atoms with Crippen molar-refractivity contribution in [2.45, 2.75) is 47.1 Å². The molecule has 2 aromatic heterocycles. The fourth-order valence-electron chi connectivity index (χ4n) is 3.84. The average Bonchev–Trinajstić information content (AvgIpc) is 3.09. The highest BCUT2D eigenvalue weighted by Crippen LogP contribution is 2.32. The van der Waals surface area contributed by atoms with Crippen LogP contribution in [0.2, 0.25) is 0 Å². The average molecular weight is 403 g/mol. The van der Waals surface area contributed by atoms with Gasteiger partial charge in [0.15, 0.2) is 0 Å². The van der Waals surface area contributed by atoms with Gasteiger partial charge in [0.1, 0.15) is 11.2 Å². The zero-order valence-corrected chi connectivity index (χ0v) is 17.7. The third kappa shape index (κ3) is 3.63. The summed E-state index contributed by atoms with van der Waals surface area (Å²) < 4.78 is 11.3. The van der Waals surface area contributed by atoms with E-state index in [1.165, 1.54) is 5.56 Å². The van der Waals surface area contributed by atoms with Gasteiger partial charge in [-0.25, -0.2) is 4.79 Å². The van der Waals surface area contributed by atoms with Gasteiger partial charge in [0, 0.05) is 34.9 Å². The predicted octanol–water partition coefficient (Wildman–Crippen LogP) is 5.02. The van der Waals surface area contributed by atoms with Crippen LogP contribution in [0.5, 0.6) is 0 Å². The number of furan rings is 1. The molecule has 0 saturated carbocycles. The summed E-state index contributed by atoms with van der Waals surface area (Å²) >= 11 is 0. The van der Waals surface area contributed by atoms with E-state index in [-0.39, 0.29) is 12.3 Å². The molecule has 4 rings (SSSR count). The smallest absolute Gasteiger partial charge is 0.339 e. The van der Waals surface area contributed by atoms with Crippen LogP contribution < -0.4 is 10.9 Å². The van der Waals surface area contributed by atoms with Crippen LogP contribution in [-0.2, 0) is 17.8 Å². The molecule has 5 heteroatoms. The second-order valence-corrected chi connectivity index (χ2v) is 7.93. The number of carbonyl (C=O) groups is 1.